The van der Waals surface area contributed by atoms with Crippen LogP contribution in [0, 0.1) is 11.8 Å². The van der Waals surface area contributed by atoms with Crippen molar-refractivity contribution in [2.24, 2.45) is 17.6 Å². The number of hydrogen-bond acceptors (Lipinski definition) is 3. The molecule has 1 heterocycles. The number of halogens is 1. The van der Waals surface area contributed by atoms with Crippen molar-refractivity contribution in [3.63, 3.8) is 0 Å². The Hall–Kier alpha value is -0.460. The number of thiocarbonyl (C=S) groups is 1. The Morgan fingerprint density at radius 1 is 1.65 bits per heavy atom. The molecule has 94 valence electrons. The highest BCUT2D eigenvalue weighted by Crippen LogP contribution is 2.22. The molecule has 0 aliphatic rings. The molecule has 17 heavy (non-hydrogen) atoms. The van der Waals surface area contributed by atoms with Crippen molar-refractivity contribution in [1.29, 1.82) is 0 Å². The maximum Gasteiger partial charge on any atom is 0.230 e. The van der Waals surface area contributed by atoms with Gasteiger partial charge in [0.2, 0.25) is 5.91 Å². The van der Waals surface area contributed by atoms with Gasteiger partial charge in [-0.25, -0.2) is 0 Å². The predicted octanol–water partition coefficient (Wildman–Crippen LogP) is 2.69. The minimum atomic E-state index is -0.399. The molecule has 1 rings (SSSR count). The summed E-state index contributed by atoms with van der Waals surface area (Å²) in [5.41, 5.74) is 5.58. The molecule has 3 nitrogen and oxygen atoms in total. The van der Waals surface area contributed by atoms with Gasteiger partial charge < -0.3 is 11.1 Å². The van der Waals surface area contributed by atoms with E-state index in [1.807, 2.05) is 25.3 Å². The van der Waals surface area contributed by atoms with Gasteiger partial charge in [-0.05, 0) is 33.3 Å². The van der Waals surface area contributed by atoms with Crippen LogP contribution in [0.15, 0.2) is 15.9 Å². The van der Waals surface area contributed by atoms with E-state index < -0.39 is 5.92 Å². The van der Waals surface area contributed by atoms with Crippen LogP contribution in [0.2, 0.25) is 0 Å². The molecule has 1 unspecified atom stereocenters. The van der Waals surface area contributed by atoms with Crippen molar-refractivity contribution < 1.29 is 4.79 Å². The fourth-order valence-corrected chi connectivity index (χ4v) is 3.30. The van der Waals surface area contributed by atoms with E-state index in [9.17, 15) is 4.79 Å². The topological polar surface area (TPSA) is 55.1 Å². The second-order valence-electron chi connectivity index (χ2n) is 4.03. The smallest absolute Gasteiger partial charge is 0.230 e. The van der Waals surface area contributed by atoms with E-state index in [2.05, 4.69) is 21.2 Å². The number of carbonyl (C=O) groups excluding carboxylic acids is 1. The Bertz CT molecular complexity index is 417. The molecule has 3 N–H and O–H groups in total. The molecule has 0 aliphatic heterocycles. The summed E-state index contributed by atoms with van der Waals surface area (Å²) < 4.78 is 1.01. The Morgan fingerprint density at radius 3 is 2.71 bits per heavy atom. The summed E-state index contributed by atoms with van der Waals surface area (Å²) in [6.07, 6.45) is 0. The molecular formula is C11H15BrN2OS2. The lowest BCUT2D eigenvalue weighted by molar-refractivity contribution is -0.124. The van der Waals surface area contributed by atoms with Crippen LogP contribution in [0.1, 0.15) is 18.7 Å². The number of amides is 1. The number of nitrogens with one attached hydrogen (secondary N) is 1. The van der Waals surface area contributed by atoms with Crippen LogP contribution in [0.5, 0.6) is 0 Å². The number of hydrogen-bond donors (Lipinski definition) is 2. The highest BCUT2D eigenvalue weighted by atomic mass is 79.9. The Morgan fingerprint density at radius 2 is 2.29 bits per heavy atom. The molecule has 6 heteroatoms. The molecule has 1 amide bonds. The molecule has 1 aromatic rings. The van der Waals surface area contributed by atoms with E-state index in [0.29, 0.717) is 6.54 Å². The van der Waals surface area contributed by atoms with E-state index in [0.717, 1.165) is 9.35 Å². The monoisotopic (exact) mass is 334 g/mol. The predicted molar refractivity (Wildman–Crippen MR) is 79.0 cm³/mol. The highest BCUT2D eigenvalue weighted by molar-refractivity contribution is 9.10. The first-order valence-corrected chi connectivity index (χ1v) is 7.30. The highest BCUT2D eigenvalue weighted by Gasteiger charge is 2.24. The van der Waals surface area contributed by atoms with Crippen molar-refractivity contribution in [2.75, 3.05) is 0 Å². The van der Waals surface area contributed by atoms with E-state index in [1.165, 1.54) is 0 Å². The number of nitrogens with two attached hydrogens (primary N) is 1. The number of rotatable bonds is 5. The summed E-state index contributed by atoms with van der Waals surface area (Å²) in [5, 5.41) is 4.83. The van der Waals surface area contributed by atoms with Gasteiger partial charge in [-0.15, -0.1) is 11.3 Å². The van der Waals surface area contributed by atoms with Gasteiger partial charge in [0.05, 0.1) is 17.5 Å². The molecule has 0 saturated carbocycles. The molecule has 0 fully saturated rings. The Balaban J connectivity index is 2.60. The molecule has 1 aromatic heterocycles. The van der Waals surface area contributed by atoms with Crippen LogP contribution in [-0.4, -0.2) is 10.9 Å². The number of thiophene rings is 1. The minimum absolute atomic E-state index is 0.104. The molecule has 0 bridgehead atoms. The van der Waals surface area contributed by atoms with E-state index in [4.69, 9.17) is 18.0 Å². The molecule has 0 aliphatic carbocycles. The van der Waals surface area contributed by atoms with Gasteiger partial charge in [0.25, 0.3) is 0 Å². The zero-order chi connectivity index (χ0) is 13.0. The van der Waals surface area contributed by atoms with Gasteiger partial charge in [0, 0.05) is 9.35 Å². The second-order valence-corrected chi connectivity index (χ2v) is 6.36. The zero-order valence-electron chi connectivity index (χ0n) is 9.70. The average molecular weight is 335 g/mol. The summed E-state index contributed by atoms with van der Waals surface area (Å²) in [5.74, 6) is -0.393. The van der Waals surface area contributed by atoms with E-state index in [1.54, 1.807) is 11.3 Å². The zero-order valence-corrected chi connectivity index (χ0v) is 12.9. The Kier molecular flexibility index (Phi) is 5.55. The molecule has 0 saturated heterocycles. The average Bonchev–Trinajstić information content (AvgIpc) is 2.59. The maximum absolute atomic E-state index is 11.9. The molecule has 0 spiro atoms. The summed E-state index contributed by atoms with van der Waals surface area (Å²) >= 11 is 9.93. The largest absolute Gasteiger partial charge is 0.393 e. The fourth-order valence-electron chi connectivity index (χ4n) is 1.49. The van der Waals surface area contributed by atoms with Crippen molar-refractivity contribution in [3.8, 4) is 0 Å². The fraction of sp³-hybridized carbons (Fsp3) is 0.455. The lowest BCUT2D eigenvalue weighted by atomic mass is 9.95. The number of carbonyl (C=O) groups is 1. The SMILES string of the molecule is CC(C)C(C(=O)NCc1sccc1Br)C(N)=S. The van der Waals surface area contributed by atoms with Crippen molar-refractivity contribution in [2.45, 2.75) is 20.4 Å². The first-order chi connectivity index (χ1) is 7.93. The molecule has 1 atom stereocenters. The molecule has 0 aromatic carbocycles. The van der Waals surface area contributed by atoms with Crippen LogP contribution in [0.3, 0.4) is 0 Å². The standard InChI is InChI=1S/C11H15BrN2OS2/c1-6(2)9(10(13)16)11(15)14-5-8-7(12)3-4-17-8/h3-4,6,9H,5H2,1-2H3,(H2,13,16)(H,14,15). The molecular weight excluding hydrogens is 320 g/mol. The van der Waals surface area contributed by atoms with Gasteiger partial charge in [-0.3, -0.25) is 4.79 Å². The first-order valence-electron chi connectivity index (χ1n) is 5.22. The summed E-state index contributed by atoms with van der Waals surface area (Å²) in [6, 6.07) is 1.96. The van der Waals surface area contributed by atoms with Crippen LogP contribution in [0.4, 0.5) is 0 Å². The third-order valence-corrected chi connectivity index (χ3v) is 4.55. The van der Waals surface area contributed by atoms with Crippen molar-refractivity contribution in [1.82, 2.24) is 5.32 Å². The minimum Gasteiger partial charge on any atom is -0.393 e. The van der Waals surface area contributed by atoms with Gasteiger partial charge in [0.15, 0.2) is 0 Å². The van der Waals surface area contributed by atoms with Crippen LogP contribution >= 0.6 is 39.5 Å². The van der Waals surface area contributed by atoms with Crippen molar-refractivity contribution >= 4 is 50.4 Å². The summed E-state index contributed by atoms with van der Waals surface area (Å²) in [6.45, 7) is 4.37. The Labute approximate surface area is 119 Å². The second kappa shape index (κ2) is 6.47. The summed E-state index contributed by atoms with van der Waals surface area (Å²) in [4.78, 5) is 13.3. The van der Waals surface area contributed by atoms with Gasteiger partial charge in [-0.2, -0.15) is 0 Å². The quantitative estimate of drug-likeness (QED) is 0.814. The first kappa shape index (κ1) is 14.6. The molecule has 0 radical (unpaired) electrons. The maximum atomic E-state index is 11.9. The third-order valence-electron chi connectivity index (χ3n) is 2.37. The van der Waals surface area contributed by atoms with Gasteiger partial charge in [-0.1, -0.05) is 26.1 Å². The lowest BCUT2D eigenvalue weighted by Crippen LogP contribution is -2.40. The van der Waals surface area contributed by atoms with Gasteiger partial charge in [0.1, 0.15) is 0 Å². The van der Waals surface area contributed by atoms with E-state index >= 15 is 0 Å². The summed E-state index contributed by atoms with van der Waals surface area (Å²) in [7, 11) is 0. The van der Waals surface area contributed by atoms with Gasteiger partial charge >= 0.3 is 0 Å². The lowest BCUT2D eigenvalue weighted by Gasteiger charge is -2.18. The third kappa shape index (κ3) is 4.04. The van der Waals surface area contributed by atoms with Crippen molar-refractivity contribution in [3.05, 3.63) is 20.8 Å². The van der Waals surface area contributed by atoms with Crippen LogP contribution in [0.25, 0.3) is 0 Å². The van der Waals surface area contributed by atoms with Crippen LogP contribution < -0.4 is 11.1 Å². The normalized spacial score (nSPS) is 12.5. The van der Waals surface area contributed by atoms with E-state index in [-0.39, 0.29) is 16.8 Å². The van der Waals surface area contributed by atoms with Crippen LogP contribution in [-0.2, 0) is 11.3 Å².